The van der Waals surface area contributed by atoms with Crippen molar-refractivity contribution >= 4 is 11.9 Å². The smallest absolute Gasteiger partial charge is 0.354 e. The molecule has 0 spiro atoms. The Labute approximate surface area is 120 Å². The van der Waals surface area contributed by atoms with E-state index in [0.29, 0.717) is 5.56 Å². The molecule has 0 aliphatic heterocycles. The lowest BCUT2D eigenvalue weighted by Gasteiger charge is -2.14. The number of pyridine rings is 1. The summed E-state index contributed by atoms with van der Waals surface area (Å²) in [6.45, 7) is 1.70. The van der Waals surface area contributed by atoms with Crippen molar-refractivity contribution in [1.82, 2.24) is 10.3 Å². The number of carbonyl (C=O) groups excluding carboxylic acids is 1. The number of nitrogens with one attached hydrogen (secondary N) is 1. The van der Waals surface area contributed by atoms with Crippen LogP contribution in [-0.4, -0.2) is 22.0 Å². The van der Waals surface area contributed by atoms with Crippen molar-refractivity contribution in [2.75, 3.05) is 0 Å². The van der Waals surface area contributed by atoms with Gasteiger partial charge in [0, 0.05) is 0 Å². The number of amides is 1. The molecular formula is C15H13FN2O3. The molecule has 0 radical (unpaired) electrons. The Hall–Kier alpha value is -2.76. The first-order valence-electron chi connectivity index (χ1n) is 6.24. The van der Waals surface area contributed by atoms with Gasteiger partial charge in [-0.15, -0.1) is 0 Å². The second-order valence-corrected chi connectivity index (χ2v) is 4.46. The van der Waals surface area contributed by atoms with Gasteiger partial charge in [0.05, 0.1) is 6.04 Å². The van der Waals surface area contributed by atoms with Gasteiger partial charge in [-0.25, -0.2) is 14.2 Å². The summed E-state index contributed by atoms with van der Waals surface area (Å²) in [6.07, 6.45) is 0. The second kappa shape index (κ2) is 6.13. The van der Waals surface area contributed by atoms with Crippen molar-refractivity contribution in [3.8, 4) is 0 Å². The van der Waals surface area contributed by atoms with E-state index >= 15 is 0 Å². The average Bonchev–Trinajstić information content (AvgIpc) is 2.47. The predicted molar refractivity (Wildman–Crippen MR) is 73.5 cm³/mol. The molecule has 0 saturated carbocycles. The van der Waals surface area contributed by atoms with Gasteiger partial charge in [0.15, 0.2) is 0 Å². The fourth-order valence-electron chi connectivity index (χ4n) is 1.81. The Bertz CT molecular complexity index is 688. The second-order valence-electron chi connectivity index (χ2n) is 4.46. The summed E-state index contributed by atoms with van der Waals surface area (Å²) in [7, 11) is 0. The largest absolute Gasteiger partial charge is 0.477 e. The van der Waals surface area contributed by atoms with E-state index in [2.05, 4.69) is 10.3 Å². The number of halogens is 1. The number of rotatable bonds is 4. The van der Waals surface area contributed by atoms with Crippen LogP contribution in [0, 0.1) is 5.82 Å². The van der Waals surface area contributed by atoms with Crippen molar-refractivity contribution in [3.63, 3.8) is 0 Å². The molecule has 6 heteroatoms. The molecule has 0 aliphatic carbocycles. The molecule has 2 rings (SSSR count). The van der Waals surface area contributed by atoms with E-state index in [4.69, 9.17) is 5.11 Å². The lowest BCUT2D eigenvalue weighted by atomic mass is 10.1. The van der Waals surface area contributed by atoms with Crippen LogP contribution in [0.1, 0.15) is 39.5 Å². The number of nitrogens with zero attached hydrogens (tertiary/aromatic N) is 1. The number of hydrogen-bond acceptors (Lipinski definition) is 3. The van der Waals surface area contributed by atoms with Crippen molar-refractivity contribution in [2.24, 2.45) is 0 Å². The van der Waals surface area contributed by atoms with Gasteiger partial charge < -0.3 is 10.4 Å². The summed E-state index contributed by atoms with van der Waals surface area (Å²) in [4.78, 5) is 26.6. The fourth-order valence-corrected chi connectivity index (χ4v) is 1.81. The summed E-state index contributed by atoms with van der Waals surface area (Å²) in [5.41, 5.74) is 0.400. The van der Waals surface area contributed by atoms with Gasteiger partial charge in [-0.1, -0.05) is 18.2 Å². The molecule has 1 amide bonds. The quantitative estimate of drug-likeness (QED) is 0.905. The lowest BCUT2D eigenvalue weighted by molar-refractivity contribution is 0.0690. The van der Waals surface area contributed by atoms with Gasteiger partial charge in [0.1, 0.15) is 17.2 Å². The highest BCUT2D eigenvalue weighted by molar-refractivity contribution is 5.94. The van der Waals surface area contributed by atoms with Gasteiger partial charge >= 0.3 is 5.97 Å². The first kappa shape index (κ1) is 14.6. The predicted octanol–water partition coefficient (Wildman–Crippen LogP) is 2.41. The van der Waals surface area contributed by atoms with Crippen molar-refractivity contribution in [3.05, 3.63) is 65.2 Å². The van der Waals surface area contributed by atoms with E-state index in [0.717, 1.165) is 0 Å². The highest BCUT2D eigenvalue weighted by Gasteiger charge is 2.14. The van der Waals surface area contributed by atoms with Crippen LogP contribution in [0.25, 0.3) is 0 Å². The summed E-state index contributed by atoms with van der Waals surface area (Å²) in [6, 6.07) is 9.62. The van der Waals surface area contributed by atoms with Crippen LogP contribution in [-0.2, 0) is 0 Å². The number of aromatic carboxylic acids is 1. The number of carboxylic acids is 1. The minimum atomic E-state index is -1.21. The number of aromatic nitrogens is 1. The van der Waals surface area contributed by atoms with E-state index < -0.39 is 17.9 Å². The Balaban J connectivity index is 2.14. The molecule has 0 saturated heterocycles. The van der Waals surface area contributed by atoms with Gasteiger partial charge in [-0.2, -0.15) is 0 Å². The lowest BCUT2D eigenvalue weighted by Crippen LogP contribution is -2.27. The summed E-state index contributed by atoms with van der Waals surface area (Å²) in [5.74, 6) is -2.11. The van der Waals surface area contributed by atoms with Crippen LogP contribution >= 0.6 is 0 Å². The molecule has 0 aliphatic rings. The first-order valence-corrected chi connectivity index (χ1v) is 6.24. The van der Waals surface area contributed by atoms with Crippen molar-refractivity contribution in [1.29, 1.82) is 0 Å². The molecule has 0 bridgehead atoms. The van der Waals surface area contributed by atoms with Crippen LogP contribution in [0.2, 0.25) is 0 Å². The first-order chi connectivity index (χ1) is 9.97. The maximum Gasteiger partial charge on any atom is 0.354 e. The van der Waals surface area contributed by atoms with Crippen LogP contribution in [0.4, 0.5) is 4.39 Å². The minimum Gasteiger partial charge on any atom is -0.477 e. The number of carboxylic acid groups (broad SMARTS) is 1. The van der Waals surface area contributed by atoms with Crippen molar-refractivity contribution in [2.45, 2.75) is 13.0 Å². The zero-order valence-corrected chi connectivity index (χ0v) is 11.2. The highest BCUT2D eigenvalue weighted by atomic mass is 19.1. The van der Waals surface area contributed by atoms with Crippen LogP contribution < -0.4 is 5.32 Å². The minimum absolute atomic E-state index is 0.00171. The van der Waals surface area contributed by atoms with Gasteiger partial charge in [-0.3, -0.25) is 4.79 Å². The maximum atomic E-state index is 13.1. The zero-order valence-electron chi connectivity index (χ0n) is 11.2. The Morgan fingerprint density at radius 1 is 1.19 bits per heavy atom. The SMILES string of the molecule is CC(NC(=O)c1cccc(C(=O)O)n1)c1cccc(F)c1. The Morgan fingerprint density at radius 2 is 1.86 bits per heavy atom. The molecule has 1 aromatic heterocycles. The third-order valence-electron chi connectivity index (χ3n) is 2.90. The summed E-state index contributed by atoms with van der Waals surface area (Å²) >= 11 is 0. The number of hydrogen-bond donors (Lipinski definition) is 2. The van der Waals surface area contributed by atoms with Gasteiger partial charge in [0.2, 0.25) is 0 Å². The number of carbonyl (C=O) groups is 2. The van der Waals surface area contributed by atoms with E-state index in [1.54, 1.807) is 19.1 Å². The average molecular weight is 288 g/mol. The maximum absolute atomic E-state index is 13.1. The van der Waals surface area contributed by atoms with Crippen LogP contribution in [0.15, 0.2) is 42.5 Å². The van der Waals surface area contributed by atoms with Gasteiger partial charge in [-0.05, 0) is 36.8 Å². The van der Waals surface area contributed by atoms with Crippen molar-refractivity contribution < 1.29 is 19.1 Å². The highest BCUT2D eigenvalue weighted by Crippen LogP contribution is 2.14. The fraction of sp³-hybridized carbons (Fsp3) is 0.133. The van der Waals surface area contributed by atoms with E-state index in [9.17, 15) is 14.0 Å². The topological polar surface area (TPSA) is 79.3 Å². The summed E-state index contributed by atoms with van der Waals surface area (Å²) in [5, 5.41) is 11.5. The van der Waals surface area contributed by atoms with Crippen LogP contribution in [0.3, 0.4) is 0 Å². The van der Waals surface area contributed by atoms with E-state index in [-0.39, 0.29) is 17.2 Å². The van der Waals surface area contributed by atoms with E-state index in [1.165, 1.54) is 30.3 Å². The number of benzene rings is 1. The molecule has 1 aromatic carbocycles. The molecule has 2 aromatic rings. The van der Waals surface area contributed by atoms with E-state index in [1.807, 2.05) is 0 Å². The zero-order chi connectivity index (χ0) is 15.4. The molecule has 1 unspecified atom stereocenters. The Morgan fingerprint density at radius 3 is 2.52 bits per heavy atom. The molecule has 1 heterocycles. The monoisotopic (exact) mass is 288 g/mol. The molecule has 0 fully saturated rings. The van der Waals surface area contributed by atoms with Crippen LogP contribution in [0.5, 0.6) is 0 Å². The summed E-state index contributed by atoms with van der Waals surface area (Å²) < 4.78 is 13.1. The molecular weight excluding hydrogens is 275 g/mol. The Kier molecular flexibility index (Phi) is 4.27. The van der Waals surface area contributed by atoms with Gasteiger partial charge in [0.25, 0.3) is 5.91 Å². The third kappa shape index (κ3) is 3.62. The standard InChI is InChI=1S/C15H13FN2O3/c1-9(10-4-2-5-11(16)8-10)17-14(19)12-6-3-7-13(18-12)15(20)21/h2-9H,1H3,(H,17,19)(H,20,21). The molecule has 108 valence electrons. The molecule has 21 heavy (non-hydrogen) atoms. The third-order valence-corrected chi connectivity index (χ3v) is 2.90. The molecule has 1 atom stereocenters. The normalized spacial score (nSPS) is 11.7. The molecule has 5 nitrogen and oxygen atoms in total. The molecule has 2 N–H and O–H groups in total.